The lowest BCUT2D eigenvalue weighted by molar-refractivity contribution is 1.26. The molecule has 7 aromatic carbocycles. The Kier molecular flexibility index (Phi) is 8.11. The summed E-state index contributed by atoms with van der Waals surface area (Å²) in [5.74, 6) is 0. The molecule has 0 aliphatic rings. The summed E-state index contributed by atoms with van der Waals surface area (Å²) in [6.45, 7) is 0. The number of benzene rings is 7. The standard InChI is InChI=1S/C54H34N4/c1-2-12-36-29-41(24-23-35(36)11-1)54-49-32-48(45-19-3-4-20-46(45)53(49)47-21-5-6-22-50(47)58-54)40-16-8-14-38(28-40)37-13-7-15-39(27-37)44-30-51(42-17-9-25-55-33-42)57-52(31-44)43-18-10-26-56-34-43/h1-34H. The molecule has 4 nitrogen and oxygen atoms in total. The van der Waals surface area contributed by atoms with Gasteiger partial charge in [-0.2, -0.15) is 0 Å². The van der Waals surface area contributed by atoms with Gasteiger partial charge < -0.3 is 0 Å². The zero-order chi connectivity index (χ0) is 38.4. The topological polar surface area (TPSA) is 51.6 Å². The van der Waals surface area contributed by atoms with Gasteiger partial charge in [0.1, 0.15) is 0 Å². The second-order valence-corrected chi connectivity index (χ2v) is 14.7. The van der Waals surface area contributed by atoms with Gasteiger partial charge in [-0.25, -0.2) is 9.97 Å². The fourth-order valence-electron chi connectivity index (χ4n) is 8.38. The van der Waals surface area contributed by atoms with Crippen molar-refractivity contribution in [2.24, 2.45) is 0 Å². The molecule has 0 saturated heterocycles. The maximum Gasteiger partial charge on any atom is 0.0788 e. The van der Waals surface area contributed by atoms with Gasteiger partial charge in [0.15, 0.2) is 0 Å². The van der Waals surface area contributed by atoms with Crippen molar-refractivity contribution in [3.05, 3.63) is 207 Å². The highest BCUT2D eigenvalue weighted by atomic mass is 14.7. The van der Waals surface area contributed by atoms with Gasteiger partial charge in [0.05, 0.1) is 22.6 Å². The summed E-state index contributed by atoms with van der Waals surface area (Å²) in [7, 11) is 0. The number of para-hydroxylation sites is 1. The second kappa shape index (κ2) is 14.0. The molecule has 11 rings (SSSR count). The molecule has 58 heavy (non-hydrogen) atoms. The Morgan fingerprint density at radius 2 is 0.897 bits per heavy atom. The minimum atomic E-state index is 0.866. The van der Waals surface area contributed by atoms with E-state index in [1.807, 2.05) is 36.7 Å². The zero-order valence-electron chi connectivity index (χ0n) is 31.4. The van der Waals surface area contributed by atoms with E-state index in [9.17, 15) is 0 Å². The van der Waals surface area contributed by atoms with E-state index in [2.05, 4.69) is 168 Å². The highest BCUT2D eigenvalue weighted by molar-refractivity contribution is 6.25. The van der Waals surface area contributed by atoms with Crippen LogP contribution in [0.3, 0.4) is 0 Å². The van der Waals surface area contributed by atoms with Crippen LogP contribution in [0.15, 0.2) is 207 Å². The average molecular weight is 739 g/mol. The Labute approximate surface area is 335 Å². The molecule has 4 aromatic heterocycles. The molecule has 0 atom stereocenters. The van der Waals surface area contributed by atoms with Crippen molar-refractivity contribution in [1.82, 2.24) is 19.9 Å². The number of nitrogens with zero attached hydrogens (tertiary/aromatic N) is 4. The number of pyridine rings is 4. The Morgan fingerprint density at radius 3 is 1.60 bits per heavy atom. The average Bonchev–Trinajstić information content (AvgIpc) is 3.31. The van der Waals surface area contributed by atoms with Crippen LogP contribution in [-0.2, 0) is 0 Å². The van der Waals surface area contributed by atoms with Gasteiger partial charge in [-0.15, -0.1) is 0 Å². The van der Waals surface area contributed by atoms with E-state index in [4.69, 9.17) is 9.97 Å². The Morgan fingerprint density at radius 1 is 0.310 bits per heavy atom. The number of rotatable bonds is 6. The predicted molar refractivity (Wildman–Crippen MR) is 240 cm³/mol. The van der Waals surface area contributed by atoms with Crippen LogP contribution in [0, 0.1) is 0 Å². The summed E-state index contributed by atoms with van der Waals surface area (Å²) in [5, 5.41) is 8.37. The number of hydrogen-bond acceptors (Lipinski definition) is 4. The first-order valence-corrected chi connectivity index (χ1v) is 19.5. The van der Waals surface area contributed by atoms with Crippen molar-refractivity contribution < 1.29 is 0 Å². The molecule has 0 unspecified atom stereocenters. The van der Waals surface area contributed by atoms with E-state index in [0.29, 0.717) is 0 Å². The molecule has 0 amide bonds. The number of fused-ring (bicyclic) bond motifs is 6. The van der Waals surface area contributed by atoms with Crippen molar-refractivity contribution in [3.8, 4) is 67.2 Å². The fraction of sp³-hybridized carbons (Fsp3) is 0. The summed E-state index contributed by atoms with van der Waals surface area (Å²) in [6, 6.07) is 65.0. The smallest absolute Gasteiger partial charge is 0.0788 e. The van der Waals surface area contributed by atoms with Crippen molar-refractivity contribution in [2.75, 3.05) is 0 Å². The van der Waals surface area contributed by atoms with Crippen LogP contribution < -0.4 is 0 Å². The van der Waals surface area contributed by atoms with Crippen molar-refractivity contribution >= 4 is 43.2 Å². The quantitative estimate of drug-likeness (QED) is 0.159. The molecular weight excluding hydrogens is 705 g/mol. The Bertz CT molecular complexity index is 3280. The van der Waals surface area contributed by atoms with Crippen LogP contribution in [0.4, 0.5) is 0 Å². The maximum absolute atomic E-state index is 5.37. The van der Waals surface area contributed by atoms with Crippen LogP contribution in [0.25, 0.3) is 110 Å². The van der Waals surface area contributed by atoms with Gasteiger partial charge in [0.25, 0.3) is 0 Å². The molecule has 0 N–H and O–H groups in total. The third kappa shape index (κ3) is 5.96. The van der Waals surface area contributed by atoms with E-state index >= 15 is 0 Å². The first-order valence-electron chi connectivity index (χ1n) is 19.5. The van der Waals surface area contributed by atoms with Gasteiger partial charge in [0.2, 0.25) is 0 Å². The number of aromatic nitrogens is 4. The summed E-state index contributed by atoms with van der Waals surface area (Å²) in [6.07, 6.45) is 7.30. The van der Waals surface area contributed by atoms with Crippen molar-refractivity contribution in [2.45, 2.75) is 0 Å². The van der Waals surface area contributed by atoms with Gasteiger partial charge in [-0.05, 0) is 122 Å². The molecule has 0 fully saturated rings. The predicted octanol–water partition coefficient (Wildman–Crippen LogP) is 13.9. The highest BCUT2D eigenvalue weighted by Crippen LogP contribution is 2.43. The molecule has 4 heterocycles. The lowest BCUT2D eigenvalue weighted by Gasteiger charge is -2.17. The van der Waals surface area contributed by atoms with Crippen molar-refractivity contribution in [3.63, 3.8) is 0 Å². The van der Waals surface area contributed by atoms with E-state index < -0.39 is 0 Å². The maximum atomic E-state index is 5.37. The minimum Gasteiger partial charge on any atom is -0.264 e. The van der Waals surface area contributed by atoms with E-state index in [1.54, 1.807) is 12.4 Å². The van der Waals surface area contributed by atoms with E-state index in [0.717, 1.165) is 77.9 Å². The summed E-state index contributed by atoms with van der Waals surface area (Å²) in [4.78, 5) is 19.2. The molecular formula is C54H34N4. The van der Waals surface area contributed by atoms with E-state index in [1.165, 1.54) is 32.5 Å². The molecule has 4 heteroatoms. The first kappa shape index (κ1) is 33.5. The lowest BCUT2D eigenvalue weighted by Crippen LogP contribution is -1.93. The molecule has 0 aliphatic carbocycles. The molecule has 0 saturated carbocycles. The Balaban J connectivity index is 1.07. The summed E-state index contributed by atoms with van der Waals surface area (Å²) in [5.41, 5.74) is 13.5. The third-order valence-electron chi connectivity index (χ3n) is 11.2. The van der Waals surface area contributed by atoms with E-state index in [-0.39, 0.29) is 0 Å². The van der Waals surface area contributed by atoms with Crippen LogP contribution in [0.1, 0.15) is 0 Å². The lowest BCUT2D eigenvalue weighted by atomic mass is 9.88. The van der Waals surface area contributed by atoms with Gasteiger partial charge in [-0.1, -0.05) is 115 Å². The van der Waals surface area contributed by atoms with Gasteiger partial charge in [0, 0.05) is 57.6 Å². The SMILES string of the molecule is c1cc(-c2cccc(-c3cc4c(-c5ccc6ccccc6c5)nc5ccccc5c4c4ccccc34)c2)cc(-c2cc(-c3cccnc3)nc(-c3cccnc3)c2)c1. The molecule has 0 spiro atoms. The molecule has 0 bridgehead atoms. The first-order chi connectivity index (χ1) is 28.7. The normalized spacial score (nSPS) is 11.4. The van der Waals surface area contributed by atoms with Crippen LogP contribution >= 0.6 is 0 Å². The monoisotopic (exact) mass is 738 g/mol. The summed E-state index contributed by atoms with van der Waals surface area (Å²) < 4.78 is 0. The molecule has 11 aromatic rings. The van der Waals surface area contributed by atoms with Crippen LogP contribution in [0.5, 0.6) is 0 Å². The van der Waals surface area contributed by atoms with Crippen LogP contribution in [0.2, 0.25) is 0 Å². The highest BCUT2D eigenvalue weighted by Gasteiger charge is 2.18. The minimum absolute atomic E-state index is 0.866. The van der Waals surface area contributed by atoms with Crippen LogP contribution in [-0.4, -0.2) is 19.9 Å². The van der Waals surface area contributed by atoms with Gasteiger partial charge >= 0.3 is 0 Å². The fourth-order valence-corrected chi connectivity index (χ4v) is 8.38. The third-order valence-corrected chi connectivity index (χ3v) is 11.2. The molecule has 0 radical (unpaired) electrons. The van der Waals surface area contributed by atoms with Gasteiger partial charge in [-0.3, -0.25) is 9.97 Å². The molecule has 0 aliphatic heterocycles. The number of hydrogen-bond donors (Lipinski definition) is 0. The Hall–Kier alpha value is -7.82. The van der Waals surface area contributed by atoms with Crippen molar-refractivity contribution in [1.29, 1.82) is 0 Å². The summed E-state index contributed by atoms with van der Waals surface area (Å²) >= 11 is 0. The largest absolute Gasteiger partial charge is 0.264 e. The zero-order valence-corrected chi connectivity index (χ0v) is 31.4. The molecule has 270 valence electrons. The second-order valence-electron chi connectivity index (χ2n) is 14.7.